The molecule has 2 spiro atoms. The van der Waals surface area contributed by atoms with E-state index in [1.54, 1.807) is 30.3 Å². The number of ketones is 1. The SMILES string of the molecule is C=C1[C@@H](OC(=O)c2ccccc2)CC[C@@]2(C)[C@@H](OC(C)=O)[C@H](OC(C)=O)C34C(C)C(=O)C[C@@H](C(OC(C)=O)C132)C4(C)C. The van der Waals surface area contributed by atoms with E-state index in [-0.39, 0.29) is 12.2 Å². The highest BCUT2D eigenvalue weighted by Gasteiger charge is 2.92. The van der Waals surface area contributed by atoms with E-state index in [1.807, 2.05) is 27.7 Å². The highest BCUT2D eigenvalue weighted by atomic mass is 16.6. The van der Waals surface area contributed by atoms with Gasteiger partial charge >= 0.3 is 23.9 Å². The predicted octanol–water partition coefficient (Wildman–Crippen LogP) is 4.61. The van der Waals surface area contributed by atoms with E-state index in [0.717, 1.165) is 0 Å². The standard InChI is InChI=1S/C33H40O9/c1-17-24(37)16-23-26(39-19(3)34)33-18(2)25(42-29(38)22-12-10-9-11-13-22)14-15-31(33,8)27(40-20(4)35)28(41-21(5)36)32(17,33)30(23,6)7/h9-13,17,23,25-28H,2,14-16H2,1,3-8H3/t17?,23-,25-,26?,27-,28-,31-,32?,33?/m0/s1. The van der Waals surface area contributed by atoms with E-state index in [0.29, 0.717) is 24.0 Å². The van der Waals surface area contributed by atoms with Crippen molar-refractivity contribution in [2.45, 2.75) is 92.1 Å². The number of benzene rings is 1. The molecule has 0 aromatic heterocycles. The molecule has 0 aliphatic heterocycles. The Labute approximate surface area is 246 Å². The van der Waals surface area contributed by atoms with Crippen molar-refractivity contribution in [2.24, 2.45) is 33.5 Å². The Kier molecular flexibility index (Phi) is 6.98. The summed E-state index contributed by atoms with van der Waals surface area (Å²) in [7, 11) is 0. The maximum atomic E-state index is 13.9. The van der Waals surface area contributed by atoms with Crippen LogP contribution < -0.4 is 0 Å². The molecule has 5 rings (SSSR count). The number of carbonyl (C=O) groups excluding carboxylic acids is 5. The third kappa shape index (κ3) is 3.57. The van der Waals surface area contributed by atoms with Crippen molar-refractivity contribution in [3.8, 4) is 0 Å². The summed E-state index contributed by atoms with van der Waals surface area (Å²) >= 11 is 0. The fourth-order valence-electron chi connectivity index (χ4n) is 10.0. The Morgan fingerprint density at radius 1 is 0.833 bits per heavy atom. The van der Waals surface area contributed by atoms with Gasteiger partial charge in [0.25, 0.3) is 0 Å². The molecule has 4 fully saturated rings. The van der Waals surface area contributed by atoms with Crippen LogP contribution in [0.1, 0.15) is 78.1 Å². The van der Waals surface area contributed by atoms with Gasteiger partial charge in [0.1, 0.15) is 30.2 Å². The van der Waals surface area contributed by atoms with Crippen LogP contribution >= 0.6 is 0 Å². The lowest BCUT2D eigenvalue weighted by Gasteiger charge is -2.60. The molecule has 0 amide bonds. The first-order valence-electron chi connectivity index (χ1n) is 14.6. The first kappa shape index (κ1) is 30.0. The molecule has 4 aliphatic rings. The van der Waals surface area contributed by atoms with Crippen LogP contribution in [0.5, 0.6) is 0 Å². The van der Waals surface area contributed by atoms with Gasteiger partial charge in [-0.2, -0.15) is 0 Å². The zero-order valence-corrected chi connectivity index (χ0v) is 25.4. The molecule has 0 saturated heterocycles. The highest BCUT2D eigenvalue weighted by molar-refractivity contribution is 5.90. The molecule has 42 heavy (non-hydrogen) atoms. The van der Waals surface area contributed by atoms with Gasteiger partial charge in [-0.05, 0) is 36.0 Å². The molecule has 226 valence electrons. The maximum absolute atomic E-state index is 13.9. The molecule has 0 heterocycles. The van der Waals surface area contributed by atoms with Crippen LogP contribution in [0.4, 0.5) is 0 Å². The molecule has 1 aromatic rings. The van der Waals surface area contributed by atoms with Crippen molar-refractivity contribution in [3.05, 3.63) is 48.0 Å². The van der Waals surface area contributed by atoms with Crippen molar-refractivity contribution >= 4 is 29.7 Å². The lowest BCUT2D eigenvalue weighted by molar-refractivity contribution is -0.194. The van der Waals surface area contributed by atoms with Gasteiger partial charge in [-0.15, -0.1) is 0 Å². The number of rotatable bonds is 5. The molecule has 4 unspecified atom stereocenters. The molecular weight excluding hydrogens is 540 g/mol. The highest BCUT2D eigenvalue weighted by Crippen LogP contribution is 2.86. The first-order valence-corrected chi connectivity index (χ1v) is 14.6. The molecule has 4 aliphatic carbocycles. The number of hydrogen-bond acceptors (Lipinski definition) is 9. The minimum absolute atomic E-state index is 0.0625. The van der Waals surface area contributed by atoms with E-state index >= 15 is 0 Å². The molecule has 0 radical (unpaired) electrons. The largest absolute Gasteiger partial charge is 0.461 e. The van der Waals surface area contributed by atoms with Gasteiger partial charge < -0.3 is 18.9 Å². The topological polar surface area (TPSA) is 122 Å². The fourth-order valence-corrected chi connectivity index (χ4v) is 10.0. The third-order valence-corrected chi connectivity index (χ3v) is 11.2. The normalized spacial score (nSPS) is 39.5. The maximum Gasteiger partial charge on any atom is 0.338 e. The minimum atomic E-state index is -1.26. The zero-order valence-electron chi connectivity index (χ0n) is 25.4. The van der Waals surface area contributed by atoms with E-state index in [2.05, 4.69) is 6.58 Å². The lowest BCUT2D eigenvalue weighted by Crippen LogP contribution is -2.63. The van der Waals surface area contributed by atoms with Crippen LogP contribution in [0.15, 0.2) is 42.5 Å². The van der Waals surface area contributed by atoms with Crippen molar-refractivity contribution in [2.75, 3.05) is 0 Å². The molecule has 2 bridgehead atoms. The first-order chi connectivity index (χ1) is 19.6. The summed E-state index contributed by atoms with van der Waals surface area (Å²) in [4.78, 5) is 65.4. The predicted molar refractivity (Wildman–Crippen MR) is 150 cm³/mol. The van der Waals surface area contributed by atoms with Crippen LogP contribution in [-0.4, -0.2) is 54.1 Å². The van der Waals surface area contributed by atoms with Crippen molar-refractivity contribution < 1.29 is 42.9 Å². The Bertz CT molecular complexity index is 1360. The number of fused-ring (bicyclic) bond motifs is 1. The summed E-state index contributed by atoms with van der Waals surface area (Å²) < 4.78 is 24.6. The Morgan fingerprint density at radius 2 is 1.38 bits per heavy atom. The Hall–Kier alpha value is -3.49. The second-order valence-electron chi connectivity index (χ2n) is 13.2. The quantitative estimate of drug-likeness (QED) is 0.279. The zero-order chi connectivity index (χ0) is 31.0. The van der Waals surface area contributed by atoms with Crippen LogP contribution in [-0.2, 0) is 38.1 Å². The Morgan fingerprint density at radius 3 is 1.95 bits per heavy atom. The monoisotopic (exact) mass is 580 g/mol. The summed E-state index contributed by atoms with van der Waals surface area (Å²) in [5.41, 5.74) is -3.39. The number of carbonyl (C=O) groups is 5. The average Bonchev–Trinajstić information content (AvgIpc) is 3.15. The van der Waals surface area contributed by atoms with Crippen LogP contribution in [0.3, 0.4) is 0 Å². The Balaban J connectivity index is 1.81. The van der Waals surface area contributed by atoms with Gasteiger partial charge in [-0.3, -0.25) is 19.2 Å². The summed E-state index contributed by atoms with van der Waals surface area (Å²) in [5.74, 6) is -3.44. The molecule has 1 aromatic carbocycles. The van der Waals surface area contributed by atoms with Crippen LogP contribution in [0, 0.1) is 33.5 Å². The van der Waals surface area contributed by atoms with Crippen molar-refractivity contribution in [1.29, 1.82) is 0 Å². The molecule has 9 atom stereocenters. The third-order valence-electron chi connectivity index (χ3n) is 11.2. The summed E-state index contributed by atoms with van der Waals surface area (Å²) in [6.45, 7) is 16.2. The summed E-state index contributed by atoms with van der Waals surface area (Å²) in [5, 5.41) is 0. The molecule has 0 N–H and O–H groups in total. The van der Waals surface area contributed by atoms with Gasteiger partial charge in [-0.25, -0.2) is 4.79 Å². The molecule has 9 heteroatoms. The van der Waals surface area contributed by atoms with E-state index < -0.39 is 81.8 Å². The van der Waals surface area contributed by atoms with Gasteiger partial charge in [-0.1, -0.05) is 52.5 Å². The molecule has 4 saturated carbocycles. The molecule has 9 nitrogen and oxygen atoms in total. The van der Waals surface area contributed by atoms with Gasteiger partial charge in [0, 0.05) is 49.9 Å². The fraction of sp³-hybridized carbons (Fsp3) is 0.606. The molecular formula is C33H40O9. The minimum Gasteiger partial charge on any atom is -0.461 e. The summed E-state index contributed by atoms with van der Waals surface area (Å²) in [6, 6.07) is 8.61. The van der Waals surface area contributed by atoms with Crippen LogP contribution in [0.2, 0.25) is 0 Å². The number of hydrogen-bond donors (Lipinski definition) is 0. The van der Waals surface area contributed by atoms with Crippen molar-refractivity contribution in [1.82, 2.24) is 0 Å². The van der Waals surface area contributed by atoms with E-state index in [1.165, 1.54) is 20.8 Å². The summed E-state index contributed by atoms with van der Waals surface area (Å²) in [6.07, 6.45) is -2.86. The van der Waals surface area contributed by atoms with Gasteiger partial charge in [0.2, 0.25) is 0 Å². The lowest BCUT2D eigenvalue weighted by atomic mass is 9.42. The van der Waals surface area contributed by atoms with Crippen molar-refractivity contribution in [3.63, 3.8) is 0 Å². The number of ether oxygens (including phenoxy) is 4. The smallest absolute Gasteiger partial charge is 0.338 e. The van der Waals surface area contributed by atoms with Gasteiger partial charge in [0.05, 0.1) is 11.0 Å². The average molecular weight is 581 g/mol. The second kappa shape index (κ2) is 9.78. The number of Topliss-reactive ketones (excluding diaryl/α,β-unsaturated/α-hetero) is 1. The van der Waals surface area contributed by atoms with E-state index in [4.69, 9.17) is 18.9 Å². The van der Waals surface area contributed by atoms with E-state index in [9.17, 15) is 24.0 Å². The number of esters is 4. The second-order valence-corrected chi connectivity index (χ2v) is 13.2. The van der Waals surface area contributed by atoms with Crippen LogP contribution in [0.25, 0.3) is 0 Å². The van der Waals surface area contributed by atoms with Gasteiger partial charge in [0.15, 0.2) is 0 Å².